The number of hydrogen-bond donors (Lipinski definition) is 0. The molecule has 0 spiro atoms. The van der Waals surface area contributed by atoms with E-state index in [1.165, 1.54) is 12.8 Å². The van der Waals surface area contributed by atoms with Crippen LogP contribution in [0.1, 0.15) is 45.4 Å². The number of aromatic nitrogens is 2. The van der Waals surface area contributed by atoms with Crippen LogP contribution in [0.3, 0.4) is 0 Å². The lowest BCUT2D eigenvalue weighted by Crippen LogP contribution is -2.01. The van der Waals surface area contributed by atoms with E-state index in [9.17, 15) is 0 Å². The normalized spacial score (nSPS) is 11.1. The molecule has 0 aliphatic rings. The first-order valence-electron chi connectivity index (χ1n) is 5.11. The Kier molecular flexibility index (Phi) is 3.93. The second-order valence-corrected chi connectivity index (χ2v) is 3.33. The first-order valence-corrected chi connectivity index (χ1v) is 5.11. The molecule has 0 unspecified atom stereocenters. The summed E-state index contributed by atoms with van der Waals surface area (Å²) in [4.78, 5) is 0. The molecular weight excluding hydrogens is 164 g/mol. The second-order valence-electron chi connectivity index (χ2n) is 3.33. The van der Waals surface area contributed by atoms with E-state index in [4.69, 9.17) is 4.42 Å². The number of rotatable bonds is 5. The van der Waals surface area contributed by atoms with Crippen molar-refractivity contribution in [3.8, 4) is 0 Å². The highest BCUT2D eigenvalue weighted by atomic mass is 16.4. The summed E-state index contributed by atoms with van der Waals surface area (Å²) in [6.07, 6.45) is 4.12. The molecule has 74 valence electrons. The van der Waals surface area contributed by atoms with E-state index in [2.05, 4.69) is 24.0 Å². The Hall–Kier alpha value is -0.860. The van der Waals surface area contributed by atoms with E-state index in [0.29, 0.717) is 5.92 Å². The van der Waals surface area contributed by atoms with Crippen molar-refractivity contribution in [3.05, 3.63) is 11.8 Å². The molecule has 0 amide bonds. The van der Waals surface area contributed by atoms with Crippen LogP contribution >= 0.6 is 0 Å². The molecule has 1 aromatic rings. The molecular formula is C10H18N2O. The van der Waals surface area contributed by atoms with Crippen molar-refractivity contribution in [2.45, 2.75) is 46.5 Å². The van der Waals surface area contributed by atoms with Crippen LogP contribution in [0.2, 0.25) is 0 Å². The van der Waals surface area contributed by atoms with Gasteiger partial charge in [0.05, 0.1) is 0 Å². The molecule has 0 aliphatic carbocycles. The third-order valence-corrected chi connectivity index (χ3v) is 2.43. The van der Waals surface area contributed by atoms with Crippen LogP contribution in [0.25, 0.3) is 0 Å². The summed E-state index contributed by atoms with van der Waals surface area (Å²) in [5.41, 5.74) is 0. The summed E-state index contributed by atoms with van der Waals surface area (Å²) in [6.45, 7) is 6.42. The number of nitrogens with zero attached hydrogens (tertiary/aromatic N) is 2. The van der Waals surface area contributed by atoms with Gasteiger partial charge in [-0.3, -0.25) is 0 Å². The standard InChI is InChI=1S/C10H18N2O/c1-4-8(5-2)7-10-12-11-9(6-3)13-10/h8H,4-7H2,1-3H3. The maximum atomic E-state index is 5.44. The minimum Gasteiger partial charge on any atom is -0.425 e. The van der Waals surface area contributed by atoms with E-state index < -0.39 is 0 Å². The van der Waals surface area contributed by atoms with Crippen molar-refractivity contribution >= 4 is 0 Å². The van der Waals surface area contributed by atoms with Crippen LogP contribution in [0.15, 0.2) is 4.42 Å². The van der Waals surface area contributed by atoms with Crippen LogP contribution < -0.4 is 0 Å². The molecule has 0 atom stereocenters. The summed E-state index contributed by atoms with van der Waals surface area (Å²) in [6, 6.07) is 0. The molecule has 0 saturated carbocycles. The van der Waals surface area contributed by atoms with Gasteiger partial charge in [0, 0.05) is 12.8 Å². The van der Waals surface area contributed by atoms with E-state index in [0.717, 1.165) is 24.6 Å². The predicted molar refractivity (Wildman–Crippen MR) is 51.5 cm³/mol. The van der Waals surface area contributed by atoms with Crippen LogP contribution in [-0.4, -0.2) is 10.2 Å². The van der Waals surface area contributed by atoms with Crippen molar-refractivity contribution in [3.63, 3.8) is 0 Å². The lowest BCUT2D eigenvalue weighted by molar-refractivity contribution is 0.393. The monoisotopic (exact) mass is 182 g/mol. The molecule has 0 aliphatic heterocycles. The highest BCUT2D eigenvalue weighted by molar-refractivity contribution is 4.83. The van der Waals surface area contributed by atoms with Gasteiger partial charge in [0.1, 0.15) is 0 Å². The van der Waals surface area contributed by atoms with E-state index >= 15 is 0 Å². The zero-order chi connectivity index (χ0) is 9.68. The summed E-state index contributed by atoms with van der Waals surface area (Å²) >= 11 is 0. The van der Waals surface area contributed by atoms with Crippen LogP contribution in [-0.2, 0) is 12.8 Å². The maximum Gasteiger partial charge on any atom is 0.216 e. The topological polar surface area (TPSA) is 38.9 Å². The smallest absolute Gasteiger partial charge is 0.216 e. The summed E-state index contributed by atoms with van der Waals surface area (Å²) in [5, 5.41) is 7.95. The quantitative estimate of drug-likeness (QED) is 0.702. The van der Waals surface area contributed by atoms with Gasteiger partial charge in [0.15, 0.2) is 0 Å². The molecule has 1 rings (SSSR count). The zero-order valence-corrected chi connectivity index (χ0v) is 8.71. The molecule has 13 heavy (non-hydrogen) atoms. The van der Waals surface area contributed by atoms with Gasteiger partial charge in [0.25, 0.3) is 0 Å². The highest BCUT2D eigenvalue weighted by Gasteiger charge is 2.10. The Labute approximate surface area is 79.6 Å². The third kappa shape index (κ3) is 2.83. The molecule has 3 nitrogen and oxygen atoms in total. The number of hydrogen-bond acceptors (Lipinski definition) is 3. The second kappa shape index (κ2) is 5.00. The van der Waals surface area contributed by atoms with Gasteiger partial charge >= 0.3 is 0 Å². The predicted octanol–water partition coefficient (Wildman–Crippen LogP) is 2.61. The Morgan fingerprint density at radius 3 is 2.15 bits per heavy atom. The average Bonchev–Trinajstić information content (AvgIpc) is 2.61. The van der Waals surface area contributed by atoms with Crippen molar-refractivity contribution in [1.29, 1.82) is 0 Å². The maximum absolute atomic E-state index is 5.44. The average molecular weight is 182 g/mol. The summed E-state index contributed by atoms with van der Waals surface area (Å²) in [7, 11) is 0. The van der Waals surface area contributed by atoms with Crippen LogP contribution in [0, 0.1) is 5.92 Å². The fraction of sp³-hybridized carbons (Fsp3) is 0.800. The van der Waals surface area contributed by atoms with E-state index in [1.807, 2.05) is 6.92 Å². The minimum atomic E-state index is 0.685. The lowest BCUT2D eigenvalue weighted by atomic mass is 10.00. The van der Waals surface area contributed by atoms with Crippen LogP contribution in [0.5, 0.6) is 0 Å². The highest BCUT2D eigenvalue weighted by Crippen LogP contribution is 2.14. The zero-order valence-electron chi connectivity index (χ0n) is 8.71. The molecule has 3 heteroatoms. The fourth-order valence-corrected chi connectivity index (χ4v) is 1.34. The Morgan fingerprint density at radius 2 is 1.69 bits per heavy atom. The first-order chi connectivity index (χ1) is 6.30. The fourth-order valence-electron chi connectivity index (χ4n) is 1.34. The molecule has 0 radical (unpaired) electrons. The van der Waals surface area contributed by atoms with Gasteiger partial charge < -0.3 is 4.42 Å². The Morgan fingerprint density at radius 1 is 1.08 bits per heavy atom. The molecule has 1 aromatic heterocycles. The first kappa shape index (κ1) is 10.2. The van der Waals surface area contributed by atoms with E-state index in [1.54, 1.807) is 0 Å². The Bertz CT molecular complexity index is 241. The summed E-state index contributed by atoms with van der Waals surface area (Å²) < 4.78 is 5.44. The molecule has 0 fully saturated rings. The van der Waals surface area contributed by atoms with Gasteiger partial charge in [0.2, 0.25) is 11.8 Å². The van der Waals surface area contributed by atoms with Crippen molar-refractivity contribution in [2.75, 3.05) is 0 Å². The molecule has 0 N–H and O–H groups in total. The van der Waals surface area contributed by atoms with Gasteiger partial charge in [-0.25, -0.2) is 0 Å². The van der Waals surface area contributed by atoms with Gasteiger partial charge in [-0.05, 0) is 5.92 Å². The molecule has 1 heterocycles. The van der Waals surface area contributed by atoms with Crippen molar-refractivity contribution < 1.29 is 4.42 Å². The SMILES string of the molecule is CCc1nnc(CC(CC)CC)o1. The third-order valence-electron chi connectivity index (χ3n) is 2.43. The largest absolute Gasteiger partial charge is 0.425 e. The summed E-state index contributed by atoms with van der Waals surface area (Å²) in [5.74, 6) is 2.23. The number of aryl methyl sites for hydroxylation is 1. The van der Waals surface area contributed by atoms with Crippen molar-refractivity contribution in [2.24, 2.45) is 5.92 Å². The van der Waals surface area contributed by atoms with Gasteiger partial charge in [-0.15, -0.1) is 10.2 Å². The van der Waals surface area contributed by atoms with Gasteiger partial charge in [-0.2, -0.15) is 0 Å². The van der Waals surface area contributed by atoms with E-state index in [-0.39, 0.29) is 0 Å². The molecule has 0 saturated heterocycles. The van der Waals surface area contributed by atoms with Crippen molar-refractivity contribution in [1.82, 2.24) is 10.2 Å². The van der Waals surface area contributed by atoms with Gasteiger partial charge in [-0.1, -0.05) is 33.6 Å². The molecule has 0 bridgehead atoms. The Balaban J connectivity index is 2.52. The molecule has 0 aromatic carbocycles. The lowest BCUT2D eigenvalue weighted by Gasteiger charge is -2.07. The minimum absolute atomic E-state index is 0.685. The van der Waals surface area contributed by atoms with Crippen LogP contribution in [0.4, 0.5) is 0 Å².